The Morgan fingerprint density at radius 3 is 2.33 bits per heavy atom. The number of allylic oxidation sites excluding steroid dienone is 7. The van der Waals surface area contributed by atoms with Crippen molar-refractivity contribution in [3.8, 4) is 6.07 Å². The summed E-state index contributed by atoms with van der Waals surface area (Å²) in [6.45, 7) is 4.00. The Kier molecular flexibility index (Phi) is 6.56. The molecule has 0 radical (unpaired) electrons. The highest BCUT2D eigenvalue weighted by Crippen LogP contribution is 2.18. The van der Waals surface area contributed by atoms with Gasteiger partial charge in [0, 0.05) is 6.08 Å². The third kappa shape index (κ3) is 5.59. The maximum Gasteiger partial charge on any atom is 0.0914 e. The van der Waals surface area contributed by atoms with Crippen LogP contribution in [0.2, 0.25) is 0 Å². The van der Waals surface area contributed by atoms with Crippen molar-refractivity contribution in [1.82, 2.24) is 0 Å². The molecule has 2 rings (SSSR count). The first-order valence-electron chi connectivity index (χ1n) is 7.94. The van der Waals surface area contributed by atoms with Crippen LogP contribution in [0, 0.1) is 18.3 Å². The van der Waals surface area contributed by atoms with Gasteiger partial charge >= 0.3 is 0 Å². The molecule has 2 aromatic rings. The predicted molar refractivity (Wildman–Crippen MR) is 103 cm³/mol. The summed E-state index contributed by atoms with van der Waals surface area (Å²) >= 11 is 0. The van der Waals surface area contributed by atoms with Gasteiger partial charge in [-0.05, 0) is 36.1 Å². The molecule has 0 N–H and O–H groups in total. The first-order valence-corrected chi connectivity index (χ1v) is 7.94. The molecule has 118 valence electrons. The Morgan fingerprint density at radius 1 is 0.958 bits per heavy atom. The molecule has 0 aliphatic heterocycles. The van der Waals surface area contributed by atoms with Crippen LogP contribution >= 0.6 is 0 Å². The normalized spacial score (nSPS) is 12.7. The summed E-state index contributed by atoms with van der Waals surface area (Å²) in [5, 5.41) is 8.67. The molecule has 0 aliphatic carbocycles. The molecule has 0 fully saturated rings. The van der Waals surface area contributed by atoms with Crippen molar-refractivity contribution in [3.63, 3.8) is 0 Å². The lowest BCUT2D eigenvalue weighted by atomic mass is 10.0. The summed E-state index contributed by atoms with van der Waals surface area (Å²) < 4.78 is 0. The molecule has 0 amide bonds. The molecule has 0 aliphatic rings. The zero-order valence-corrected chi connectivity index (χ0v) is 14.1. The van der Waals surface area contributed by atoms with E-state index in [0.29, 0.717) is 0 Å². The second kappa shape index (κ2) is 9.12. The van der Waals surface area contributed by atoms with E-state index in [0.717, 1.165) is 16.7 Å². The third-order valence-electron chi connectivity index (χ3n) is 3.57. The molecule has 0 saturated carbocycles. The molecule has 24 heavy (non-hydrogen) atoms. The van der Waals surface area contributed by atoms with E-state index in [1.165, 1.54) is 17.2 Å². The Hall–Kier alpha value is -3.11. The lowest BCUT2D eigenvalue weighted by Crippen LogP contribution is -1.80. The second-order valence-corrected chi connectivity index (χ2v) is 5.61. The summed E-state index contributed by atoms with van der Waals surface area (Å²) in [5.41, 5.74) is 5.65. The van der Waals surface area contributed by atoms with Gasteiger partial charge in [0.2, 0.25) is 0 Å². The largest absolute Gasteiger partial charge is 0.193 e. The highest BCUT2D eigenvalue weighted by Gasteiger charge is 1.96. The lowest BCUT2D eigenvalue weighted by molar-refractivity contribution is 1.46. The van der Waals surface area contributed by atoms with Crippen molar-refractivity contribution in [2.45, 2.75) is 13.8 Å². The van der Waals surface area contributed by atoms with Gasteiger partial charge in [-0.2, -0.15) is 5.26 Å². The van der Waals surface area contributed by atoms with Crippen LogP contribution in [0.5, 0.6) is 0 Å². The number of nitriles is 1. The molecular weight excluding hydrogens is 290 g/mol. The highest BCUT2D eigenvalue weighted by molar-refractivity contribution is 5.79. The summed E-state index contributed by atoms with van der Waals surface area (Å²) in [6, 6.07) is 20.8. The van der Waals surface area contributed by atoms with Gasteiger partial charge in [-0.15, -0.1) is 0 Å². The van der Waals surface area contributed by atoms with Gasteiger partial charge in [-0.1, -0.05) is 90.5 Å². The van der Waals surface area contributed by atoms with Crippen LogP contribution in [0.15, 0.2) is 90.6 Å². The van der Waals surface area contributed by atoms with E-state index >= 15 is 0 Å². The van der Waals surface area contributed by atoms with Gasteiger partial charge in [-0.25, -0.2) is 0 Å². The number of hydrogen-bond acceptors (Lipinski definition) is 1. The number of nitrogens with zero attached hydrogens (tertiary/aromatic N) is 1. The molecule has 0 aromatic heterocycles. The molecule has 2 aromatic carbocycles. The zero-order valence-electron chi connectivity index (χ0n) is 14.1. The minimum Gasteiger partial charge on any atom is -0.193 e. The fourth-order valence-corrected chi connectivity index (χ4v) is 2.20. The molecule has 1 nitrogen and oxygen atoms in total. The standard InChI is InChI=1S/C23H21N/c1-19(17-18-24)7-6-10-23(22-8-4-3-5-9-22)16-15-21-13-11-20(2)12-14-21/h3-17H,1-2H3/b7-6+,16-15+,19-17+,23-10-. The third-order valence-corrected chi connectivity index (χ3v) is 3.57. The monoisotopic (exact) mass is 311 g/mol. The first-order chi connectivity index (χ1) is 11.7. The van der Waals surface area contributed by atoms with E-state index in [4.69, 9.17) is 5.26 Å². The quantitative estimate of drug-likeness (QED) is 0.482. The SMILES string of the molecule is CC(/C=C/C=C(/C=C/c1ccc(C)cc1)c1ccccc1)=C\C#N. The predicted octanol–water partition coefficient (Wildman–Crippen LogP) is 6.12. The summed E-state index contributed by atoms with van der Waals surface area (Å²) in [7, 11) is 0. The average molecular weight is 311 g/mol. The minimum atomic E-state index is 0.934. The van der Waals surface area contributed by atoms with E-state index in [-0.39, 0.29) is 0 Å². The maximum atomic E-state index is 8.67. The Labute approximate surface area is 144 Å². The number of rotatable bonds is 5. The summed E-state index contributed by atoms with van der Waals surface area (Å²) in [4.78, 5) is 0. The van der Waals surface area contributed by atoms with Gasteiger partial charge in [-0.3, -0.25) is 0 Å². The highest BCUT2D eigenvalue weighted by atomic mass is 14.2. The van der Waals surface area contributed by atoms with Crippen molar-refractivity contribution in [2.24, 2.45) is 0 Å². The summed E-state index contributed by atoms with van der Waals surface area (Å²) in [6.07, 6.45) is 11.7. The van der Waals surface area contributed by atoms with Crippen LogP contribution in [-0.2, 0) is 0 Å². The van der Waals surface area contributed by atoms with E-state index in [1.807, 2.05) is 43.3 Å². The fraction of sp³-hybridized carbons (Fsp3) is 0.0870. The molecule has 0 heterocycles. The van der Waals surface area contributed by atoms with Crippen molar-refractivity contribution < 1.29 is 0 Å². The molecule has 1 heteroatoms. The van der Waals surface area contributed by atoms with Crippen molar-refractivity contribution in [1.29, 1.82) is 5.26 Å². The summed E-state index contributed by atoms with van der Waals surface area (Å²) in [5.74, 6) is 0. The Morgan fingerprint density at radius 2 is 1.67 bits per heavy atom. The first kappa shape index (κ1) is 17.2. The zero-order chi connectivity index (χ0) is 17.2. The smallest absolute Gasteiger partial charge is 0.0914 e. The molecule has 0 atom stereocenters. The molecule has 0 bridgehead atoms. The van der Waals surface area contributed by atoms with Gasteiger partial charge in [0.1, 0.15) is 0 Å². The van der Waals surface area contributed by atoms with Crippen LogP contribution < -0.4 is 0 Å². The van der Waals surface area contributed by atoms with E-state index in [9.17, 15) is 0 Å². The van der Waals surface area contributed by atoms with Crippen LogP contribution in [-0.4, -0.2) is 0 Å². The molecule has 0 unspecified atom stereocenters. The minimum absolute atomic E-state index is 0.934. The number of benzene rings is 2. The molecule has 0 spiro atoms. The van der Waals surface area contributed by atoms with Gasteiger partial charge in [0.25, 0.3) is 0 Å². The van der Waals surface area contributed by atoms with E-state index in [1.54, 1.807) is 0 Å². The van der Waals surface area contributed by atoms with E-state index in [2.05, 4.69) is 61.5 Å². The van der Waals surface area contributed by atoms with Crippen molar-refractivity contribution in [3.05, 3.63) is 107 Å². The second-order valence-electron chi connectivity index (χ2n) is 5.61. The fourth-order valence-electron chi connectivity index (χ4n) is 2.20. The van der Waals surface area contributed by atoms with Gasteiger partial charge in [0.05, 0.1) is 6.07 Å². The van der Waals surface area contributed by atoms with E-state index < -0.39 is 0 Å². The van der Waals surface area contributed by atoms with Crippen LogP contribution in [0.4, 0.5) is 0 Å². The van der Waals surface area contributed by atoms with Crippen LogP contribution in [0.25, 0.3) is 11.6 Å². The van der Waals surface area contributed by atoms with Gasteiger partial charge < -0.3 is 0 Å². The molecule has 0 saturated heterocycles. The Balaban J connectivity index is 2.28. The Bertz CT molecular complexity index is 811. The molecular formula is C23H21N. The van der Waals surface area contributed by atoms with Crippen LogP contribution in [0.1, 0.15) is 23.6 Å². The van der Waals surface area contributed by atoms with Crippen molar-refractivity contribution >= 4 is 11.6 Å². The van der Waals surface area contributed by atoms with Crippen LogP contribution in [0.3, 0.4) is 0 Å². The lowest BCUT2D eigenvalue weighted by Gasteiger charge is -2.02. The average Bonchev–Trinajstić information content (AvgIpc) is 2.60. The topological polar surface area (TPSA) is 23.8 Å². The number of hydrogen-bond donors (Lipinski definition) is 0. The van der Waals surface area contributed by atoms with Crippen molar-refractivity contribution in [2.75, 3.05) is 0 Å². The van der Waals surface area contributed by atoms with Gasteiger partial charge in [0.15, 0.2) is 0 Å². The maximum absolute atomic E-state index is 8.67. The number of aryl methyl sites for hydroxylation is 1.